The van der Waals surface area contributed by atoms with Crippen LogP contribution in [0.1, 0.15) is 11.1 Å². The van der Waals surface area contributed by atoms with Gasteiger partial charge in [0.05, 0.1) is 5.56 Å². The highest BCUT2D eigenvalue weighted by molar-refractivity contribution is 7.89. The van der Waals surface area contributed by atoms with Crippen LogP contribution in [0.3, 0.4) is 0 Å². The summed E-state index contributed by atoms with van der Waals surface area (Å²) in [6, 6.07) is 8.14. The van der Waals surface area contributed by atoms with Crippen molar-refractivity contribution in [3.05, 3.63) is 59.7 Å². The van der Waals surface area contributed by atoms with E-state index in [1.54, 1.807) is 0 Å². The van der Waals surface area contributed by atoms with E-state index in [0.717, 1.165) is 42.5 Å². The van der Waals surface area contributed by atoms with Crippen LogP contribution in [-0.2, 0) is 22.7 Å². The lowest BCUT2D eigenvalue weighted by atomic mass is 10.1. The van der Waals surface area contributed by atoms with E-state index in [2.05, 4.69) is 4.74 Å². The number of halogens is 6. The summed E-state index contributed by atoms with van der Waals surface area (Å²) < 4.78 is 106. The smallest absolute Gasteiger partial charge is 0.404 e. The van der Waals surface area contributed by atoms with E-state index in [-0.39, 0.29) is 5.56 Å². The van der Waals surface area contributed by atoms with E-state index in [0.29, 0.717) is 0 Å². The molecule has 0 heterocycles. The minimum absolute atomic E-state index is 0.377. The van der Waals surface area contributed by atoms with Crippen molar-refractivity contribution in [2.45, 2.75) is 24.0 Å². The molecule has 11 heteroatoms. The first-order valence-electron chi connectivity index (χ1n) is 6.90. The minimum atomic E-state index is -5.13. The Morgan fingerprint density at radius 3 is 2.08 bits per heavy atom. The largest absolute Gasteiger partial charge is 0.573 e. The fourth-order valence-electron chi connectivity index (χ4n) is 2.08. The Kier molecular flexibility index (Phi) is 5.52. The van der Waals surface area contributed by atoms with Gasteiger partial charge in [-0.3, -0.25) is 0 Å². The first kappa shape index (κ1) is 20.0. The second-order valence-electron chi connectivity index (χ2n) is 4.97. The highest BCUT2D eigenvalue weighted by atomic mass is 32.2. The van der Waals surface area contributed by atoms with Crippen LogP contribution >= 0.6 is 0 Å². The van der Waals surface area contributed by atoms with E-state index in [1.807, 2.05) is 4.72 Å². The molecule has 2 aromatic carbocycles. The third-order valence-corrected chi connectivity index (χ3v) is 4.58. The molecule has 0 aliphatic rings. The maximum atomic E-state index is 12.9. The molecule has 0 bridgehead atoms. The van der Waals surface area contributed by atoms with E-state index in [1.165, 1.54) is 6.07 Å². The van der Waals surface area contributed by atoms with Crippen LogP contribution in [0.25, 0.3) is 0 Å². The van der Waals surface area contributed by atoms with Gasteiger partial charge >= 0.3 is 12.5 Å². The molecule has 0 fully saturated rings. The summed E-state index contributed by atoms with van der Waals surface area (Å²) in [6.45, 7) is -0.766. The van der Waals surface area contributed by atoms with Gasteiger partial charge in [-0.1, -0.05) is 30.3 Å². The number of ether oxygens (including phenoxy) is 1. The summed E-state index contributed by atoms with van der Waals surface area (Å²) in [4.78, 5) is -0.846. The van der Waals surface area contributed by atoms with Crippen LogP contribution in [-0.4, -0.2) is 14.8 Å². The zero-order chi connectivity index (χ0) is 19.6. The Morgan fingerprint density at radius 2 is 1.46 bits per heavy atom. The van der Waals surface area contributed by atoms with Gasteiger partial charge in [-0.05, 0) is 23.8 Å². The molecule has 0 spiro atoms. The number of hydrogen-bond donors (Lipinski definition) is 1. The molecule has 2 rings (SSSR count). The average Bonchev–Trinajstić information content (AvgIpc) is 2.51. The molecule has 2 aromatic rings. The molecule has 26 heavy (non-hydrogen) atoms. The quantitative estimate of drug-likeness (QED) is 0.771. The summed E-state index contributed by atoms with van der Waals surface area (Å²) in [7, 11) is -4.57. The predicted octanol–water partition coefficient (Wildman–Crippen LogP) is 4.08. The van der Waals surface area contributed by atoms with Crippen LogP contribution < -0.4 is 9.46 Å². The van der Waals surface area contributed by atoms with Crippen LogP contribution in [0.15, 0.2) is 53.4 Å². The second-order valence-corrected chi connectivity index (χ2v) is 6.71. The van der Waals surface area contributed by atoms with E-state index < -0.39 is 45.3 Å². The average molecular weight is 399 g/mol. The SMILES string of the molecule is O=S(=O)(NCc1ccccc1C(F)(F)F)c1ccccc1OC(F)(F)F. The lowest BCUT2D eigenvalue weighted by molar-refractivity contribution is -0.275. The van der Waals surface area contributed by atoms with Gasteiger partial charge in [0.15, 0.2) is 0 Å². The Hall–Kier alpha value is -2.27. The van der Waals surface area contributed by atoms with Crippen molar-refractivity contribution in [1.29, 1.82) is 0 Å². The summed E-state index contributed by atoms with van der Waals surface area (Å²) in [5, 5.41) is 0. The first-order chi connectivity index (χ1) is 11.9. The number of para-hydroxylation sites is 1. The minimum Gasteiger partial charge on any atom is -0.404 e. The van der Waals surface area contributed by atoms with Crippen molar-refractivity contribution in [2.24, 2.45) is 0 Å². The molecule has 0 radical (unpaired) electrons. The summed E-state index contributed by atoms with van der Waals surface area (Å²) in [6.07, 6.45) is -9.84. The van der Waals surface area contributed by atoms with Gasteiger partial charge in [-0.15, -0.1) is 13.2 Å². The van der Waals surface area contributed by atoms with Crippen LogP contribution in [0.5, 0.6) is 5.75 Å². The number of nitrogens with one attached hydrogen (secondary N) is 1. The number of alkyl halides is 6. The van der Waals surface area contributed by atoms with Crippen molar-refractivity contribution in [2.75, 3.05) is 0 Å². The molecule has 0 aliphatic carbocycles. The molecule has 1 N–H and O–H groups in total. The maximum Gasteiger partial charge on any atom is 0.573 e. The first-order valence-corrected chi connectivity index (χ1v) is 8.38. The van der Waals surface area contributed by atoms with Crippen molar-refractivity contribution < 1.29 is 39.5 Å². The van der Waals surface area contributed by atoms with E-state index in [4.69, 9.17) is 0 Å². The van der Waals surface area contributed by atoms with Gasteiger partial charge in [-0.2, -0.15) is 13.2 Å². The van der Waals surface area contributed by atoms with Crippen LogP contribution in [0.4, 0.5) is 26.3 Å². The molecule has 142 valence electrons. The molecule has 0 saturated heterocycles. The highest BCUT2D eigenvalue weighted by Gasteiger charge is 2.35. The van der Waals surface area contributed by atoms with Crippen LogP contribution in [0, 0.1) is 0 Å². The zero-order valence-electron chi connectivity index (χ0n) is 12.7. The molecule has 0 atom stereocenters. The Labute approximate surface area is 144 Å². The molecule has 0 aliphatic heterocycles. The van der Waals surface area contributed by atoms with Gasteiger partial charge in [0.1, 0.15) is 10.6 Å². The fraction of sp³-hybridized carbons (Fsp3) is 0.200. The number of sulfonamides is 1. The monoisotopic (exact) mass is 399 g/mol. The van der Waals surface area contributed by atoms with Crippen molar-refractivity contribution >= 4 is 10.0 Å². The molecule has 0 saturated carbocycles. The second kappa shape index (κ2) is 7.16. The normalized spacial score (nSPS) is 12.8. The number of rotatable bonds is 5. The van der Waals surface area contributed by atoms with Gasteiger partial charge in [-0.25, -0.2) is 13.1 Å². The van der Waals surface area contributed by atoms with E-state index >= 15 is 0 Å². The van der Waals surface area contributed by atoms with Gasteiger partial charge < -0.3 is 4.74 Å². The molecular formula is C15H11F6NO3S. The molecule has 0 aromatic heterocycles. The van der Waals surface area contributed by atoms with Gasteiger partial charge in [0.2, 0.25) is 10.0 Å². The topological polar surface area (TPSA) is 55.4 Å². The highest BCUT2D eigenvalue weighted by Crippen LogP contribution is 2.32. The van der Waals surface area contributed by atoms with Crippen molar-refractivity contribution in [1.82, 2.24) is 4.72 Å². The summed E-state index contributed by atoms with van der Waals surface area (Å²) >= 11 is 0. The van der Waals surface area contributed by atoms with E-state index in [9.17, 15) is 34.8 Å². The number of hydrogen-bond acceptors (Lipinski definition) is 3. The Morgan fingerprint density at radius 1 is 0.885 bits per heavy atom. The van der Waals surface area contributed by atoms with Crippen LogP contribution in [0.2, 0.25) is 0 Å². The Balaban J connectivity index is 2.29. The summed E-state index contributed by atoms with van der Waals surface area (Å²) in [5.41, 5.74) is -1.43. The molecule has 4 nitrogen and oxygen atoms in total. The van der Waals surface area contributed by atoms with Gasteiger partial charge in [0, 0.05) is 6.54 Å². The standard InChI is InChI=1S/C15H11F6NO3S/c16-14(17,18)11-6-2-1-5-10(11)9-22-26(23,24)13-8-4-3-7-12(13)25-15(19,20)21/h1-8,22H,9H2. The molecule has 0 amide bonds. The van der Waals surface area contributed by atoms with Crippen molar-refractivity contribution in [3.8, 4) is 5.75 Å². The number of benzene rings is 2. The lowest BCUT2D eigenvalue weighted by Gasteiger charge is -2.15. The maximum absolute atomic E-state index is 12.9. The lowest BCUT2D eigenvalue weighted by Crippen LogP contribution is -2.26. The fourth-order valence-corrected chi connectivity index (χ4v) is 3.22. The van der Waals surface area contributed by atoms with Crippen molar-refractivity contribution in [3.63, 3.8) is 0 Å². The third-order valence-electron chi connectivity index (χ3n) is 3.14. The Bertz CT molecular complexity index is 877. The predicted molar refractivity (Wildman–Crippen MR) is 78.6 cm³/mol. The summed E-state index contributed by atoms with van der Waals surface area (Å²) in [5.74, 6) is -0.989. The zero-order valence-corrected chi connectivity index (χ0v) is 13.5. The third kappa shape index (κ3) is 5.11. The van der Waals surface area contributed by atoms with Gasteiger partial charge in [0.25, 0.3) is 0 Å². The molecule has 0 unspecified atom stereocenters. The molecular weight excluding hydrogens is 388 g/mol.